The number of rotatable bonds is 23. The average Bonchev–Trinajstić information content (AvgIpc) is 3.07. The lowest BCUT2D eigenvalue weighted by Gasteiger charge is -2.46. The van der Waals surface area contributed by atoms with Gasteiger partial charge in [0.15, 0.2) is 12.6 Å². The maximum atomic E-state index is 12.0. The van der Waals surface area contributed by atoms with E-state index in [1.807, 2.05) is 6.08 Å². The fourth-order valence-corrected chi connectivity index (χ4v) is 5.68. The molecule has 276 valence electrons. The maximum Gasteiger partial charge on any atom is 0.234 e. The second-order valence-electron chi connectivity index (χ2n) is 12.5. The van der Waals surface area contributed by atoms with Crippen molar-refractivity contribution in [3.05, 3.63) is 12.2 Å². The molecule has 0 bridgehead atoms. The van der Waals surface area contributed by atoms with Crippen LogP contribution in [0.25, 0.3) is 0 Å². The van der Waals surface area contributed by atoms with Gasteiger partial charge in [-0.2, -0.15) is 0 Å². The SMILES string of the molecule is CCCCCCCCCCCCCC=CC(O)C(COC1OC(CO)C(OC2OC(CO)C(O)C(O)C2O)C(O)C1O)NC(=O)CN. The van der Waals surface area contributed by atoms with Gasteiger partial charge in [-0.25, -0.2) is 0 Å². The van der Waals surface area contributed by atoms with E-state index in [1.54, 1.807) is 6.08 Å². The molecule has 15 nitrogen and oxygen atoms in total. The Bertz CT molecular complexity index is 867. The number of aliphatic hydroxyl groups is 8. The second kappa shape index (κ2) is 23.2. The third-order valence-electron chi connectivity index (χ3n) is 8.65. The lowest BCUT2D eigenvalue weighted by Crippen LogP contribution is -2.65. The molecule has 15 heteroatoms. The zero-order chi connectivity index (χ0) is 34.8. The summed E-state index contributed by atoms with van der Waals surface area (Å²) in [7, 11) is 0. The van der Waals surface area contributed by atoms with E-state index in [9.17, 15) is 45.6 Å². The molecule has 47 heavy (non-hydrogen) atoms. The Hall–Kier alpha value is -1.31. The first-order valence-electron chi connectivity index (χ1n) is 17.1. The molecule has 2 saturated heterocycles. The minimum Gasteiger partial charge on any atom is -0.394 e. The van der Waals surface area contributed by atoms with Gasteiger partial charge in [0.2, 0.25) is 5.91 Å². The summed E-state index contributed by atoms with van der Waals surface area (Å²) in [5.74, 6) is -0.553. The van der Waals surface area contributed by atoms with Crippen LogP contribution in [-0.4, -0.2) is 147 Å². The first-order chi connectivity index (χ1) is 22.6. The van der Waals surface area contributed by atoms with E-state index < -0.39 is 92.7 Å². The summed E-state index contributed by atoms with van der Waals surface area (Å²) >= 11 is 0. The number of hydrogen-bond donors (Lipinski definition) is 10. The molecule has 0 aromatic rings. The quantitative estimate of drug-likeness (QED) is 0.0444. The Labute approximate surface area is 277 Å². The first-order valence-corrected chi connectivity index (χ1v) is 17.1. The largest absolute Gasteiger partial charge is 0.394 e. The molecule has 1 amide bonds. The summed E-state index contributed by atoms with van der Waals surface area (Å²) in [4.78, 5) is 12.0. The number of allylic oxidation sites excluding steroid dienone is 1. The van der Waals surface area contributed by atoms with E-state index in [-0.39, 0.29) is 13.2 Å². The van der Waals surface area contributed by atoms with Crippen molar-refractivity contribution in [1.29, 1.82) is 0 Å². The minimum atomic E-state index is -1.79. The lowest BCUT2D eigenvalue weighted by molar-refractivity contribution is -0.359. The van der Waals surface area contributed by atoms with Crippen molar-refractivity contribution in [2.45, 2.75) is 158 Å². The molecule has 2 heterocycles. The molecule has 12 unspecified atom stereocenters. The lowest BCUT2D eigenvalue weighted by atomic mass is 9.97. The van der Waals surface area contributed by atoms with Gasteiger partial charge in [-0.3, -0.25) is 4.79 Å². The molecule has 0 aromatic heterocycles. The van der Waals surface area contributed by atoms with Crippen molar-refractivity contribution >= 4 is 5.91 Å². The van der Waals surface area contributed by atoms with Crippen LogP contribution < -0.4 is 11.1 Å². The number of carbonyl (C=O) groups is 1. The normalized spacial score (nSPS) is 32.8. The number of nitrogens with one attached hydrogen (secondary N) is 1. The van der Waals surface area contributed by atoms with E-state index in [2.05, 4.69) is 12.2 Å². The van der Waals surface area contributed by atoms with Gasteiger partial charge in [0, 0.05) is 0 Å². The van der Waals surface area contributed by atoms with E-state index >= 15 is 0 Å². The summed E-state index contributed by atoms with van der Waals surface area (Å²) in [6, 6.07) is -0.983. The second-order valence-corrected chi connectivity index (χ2v) is 12.5. The number of amides is 1. The Morgan fingerprint density at radius 3 is 1.91 bits per heavy atom. The summed E-state index contributed by atoms with van der Waals surface area (Å²) in [6.07, 6.45) is 0.486. The Morgan fingerprint density at radius 1 is 0.787 bits per heavy atom. The highest BCUT2D eigenvalue weighted by atomic mass is 16.7. The number of carbonyl (C=O) groups excluding carboxylic acids is 1. The fourth-order valence-electron chi connectivity index (χ4n) is 5.68. The molecular formula is C32H60N2O13. The number of nitrogens with two attached hydrogens (primary N) is 1. The van der Waals surface area contributed by atoms with Gasteiger partial charge in [0.25, 0.3) is 0 Å². The Morgan fingerprint density at radius 2 is 1.34 bits per heavy atom. The van der Waals surface area contributed by atoms with Crippen molar-refractivity contribution < 1.29 is 64.6 Å². The fraction of sp³-hybridized carbons (Fsp3) is 0.906. The number of unbranched alkanes of at least 4 members (excludes halogenated alkanes) is 11. The van der Waals surface area contributed by atoms with Crippen molar-refractivity contribution in [2.75, 3.05) is 26.4 Å². The van der Waals surface area contributed by atoms with Crippen LogP contribution in [-0.2, 0) is 23.7 Å². The van der Waals surface area contributed by atoms with Gasteiger partial charge in [-0.05, 0) is 12.8 Å². The molecule has 11 N–H and O–H groups in total. The highest BCUT2D eigenvalue weighted by Crippen LogP contribution is 2.29. The zero-order valence-electron chi connectivity index (χ0n) is 27.6. The van der Waals surface area contributed by atoms with Gasteiger partial charge in [-0.1, -0.05) is 83.3 Å². The van der Waals surface area contributed by atoms with Gasteiger partial charge in [0.05, 0.1) is 38.5 Å². The Kier molecular flexibility index (Phi) is 20.6. The summed E-state index contributed by atoms with van der Waals surface area (Å²) in [5, 5.41) is 84.6. The molecule has 0 aromatic carbocycles. The standard InChI is InChI=1S/C32H60N2O13/c1-2-3-4-5-6-7-8-9-10-11-12-13-14-15-21(37)20(34-24(38)16-33)19-44-31-29(43)27(41)30(23(18-36)46-31)47-32-28(42)26(40)25(39)22(17-35)45-32/h14-15,20-23,25-32,35-37,39-43H,2-13,16-19,33H2,1H3,(H,34,38). The van der Waals surface area contributed by atoms with Crippen LogP contribution in [0.4, 0.5) is 0 Å². The number of hydrogen-bond acceptors (Lipinski definition) is 14. The molecule has 0 spiro atoms. The predicted octanol–water partition coefficient (Wildman–Crippen LogP) is -1.31. The van der Waals surface area contributed by atoms with Crippen LogP contribution in [0.1, 0.15) is 84.0 Å². The topological polar surface area (TPSA) is 254 Å². The number of ether oxygens (including phenoxy) is 4. The van der Waals surface area contributed by atoms with Gasteiger partial charge >= 0.3 is 0 Å². The number of aliphatic hydroxyl groups excluding tert-OH is 8. The third-order valence-corrected chi connectivity index (χ3v) is 8.65. The van der Waals surface area contributed by atoms with Crippen LogP contribution in [0.2, 0.25) is 0 Å². The van der Waals surface area contributed by atoms with E-state index in [1.165, 1.54) is 51.4 Å². The van der Waals surface area contributed by atoms with Crippen LogP contribution >= 0.6 is 0 Å². The van der Waals surface area contributed by atoms with Crippen LogP contribution in [0.15, 0.2) is 12.2 Å². The Balaban J connectivity index is 1.85. The van der Waals surface area contributed by atoms with Crippen molar-refractivity contribution in [3.63, 3.8) is 0 Å². The zero-order valence-corrected chi connectivity index (χ0v) is 27.6. The molecule has 2 rings (SSSR count). The molecule has 0 saturated carbocycles. The minimum absolute atomic E-state index is 0.337. The molecule has 2 aliphatic rings. The van der Waals surface area contributed by atoms with Crippen molar-refractivity contribution in [2.24, 2.45) is 5.73 Å². The van der Waals surface area contributed by atoms with E-state index in [0.717, 1.165) is 25.7 Å². The van der Waals surface area contributed by atoms with E-state index in [0.29, 0.717) is 0 Å². The highest BCUT2D eigenvalue weighted by molar-refractivity contribution is 5.78. The highest BCUT2D eigenvalue weighted by Gasteiger charge is 2.50. The predicted molar refractivity (Wildman–Crippen MR) is 170 cm³/mol. The van der Waals surface area contributed by atoms with Crippen LogP contribution in [0.3, 0.4) is 0 Å². The molecule has 12 atom stereocenters. The molecule has 2 aliphatic heterocycles. The monoisotopic (exact) mass is 680 g/mol. The molecular weight excluding hydrogens is 620 g/mol. The van der Waals surface area contributed by atoms with Crippen molar-refractivity contribution in [3.8, 4) is 0 Å². The van der Waals surface area contributed by atoms with Gasteiger partial charge in [0.1, 0.15) is 48.8 Å². The summed E-state index contributed by atoms with van der Waals surface area (Å²) < 4.78 is 22.1. The molecule has 0 radical (unpaired) electrons. The van der Waals surface area contributed by atoms with Gasteiger partial charge in [-0.15, -0.1) is 0 Å². The molecule has 2 fully saturated rings. The van der Waals surface area contributed by atoms with Crippen LogP contribution in [0, 0.1) is 0 Å². The van der Waals surface area contributed by atoms with Gasteiger partial charge < -0.3 is 70.9 Å². The smallest absolute Gasteiger partial charge is 0.234 e. The average molecular weight is 681 g/mol. The first kappa shape index (κ1) is 41.9. The molecule has 0 aliphatic carbocycles. The van der Waals surface area contributed by atoms with Crippen molar-refractivity contribution in [1.82, 2.24) is 5.32 Å². The maximum absolute atomic E-state index is 12.0. The summed E-state index contributed by atoms with van der Waals surface area (Å²) in [5.41, 5.74) is 5.43. The summed E-state index contributed by atoms with van der Waals surface area (Å²) in [6.45, 7) is 0.0803. The van der Waals surface area contributed by atoms with Crippen LogP contribution in [0.5, 0.6) is 0 Å². The van der Waals surface area contributed by atoms with E-state index in [4.69, 9.17) is 24.7 Å². The third kappa shape index (κ3) is 13.8.